The van der Waals surface area contributed by atoms with E-state index in [0.717, 1.165) is 5.92 Å². The first-order valence-electron chi connectivity index (χ1n) is 4.79. The van der Waals surface area contributed by atoms with Crippen LogP contribution < -0.4 is 0 Å². The van der Waals surface area contributed by atoms with Crippen LogP contribution in [0.5, 0.6) is 0 Å². The molecule has 1 aliphatic carbocycles. The first-order valence-corrected chi connectivity index (χ1v) is 4.79. The molecule has 1 fully saturated rings. The van der Waals surface area contributed by atoms with E-state index < -0.39 is 0 Å². The van der Waals surface area contributed by atoms with Gasteiger partial charge in [-0.25, -0.2) is 0 Å². The Labute approximate surface area is 71.7 Å². The van der Waals surface area contributed by atoms with Gasteiger partial charge in [0.25, 0.3) is 0 Å². The lowest BCUT2D eigenvalue weighted by atomic mass is 9.97. The second-order valence-corrected chi connectivity index (χ2v) is 4.04. The van der Waals surface area contributed by atoms with E-state index in [2.05, 4.69) is 27.4 Å². The molecule has 0 saturated heterocycles. The fourth-order valence-electron chi connectivity index (χ4n) is 1.05. The van der Waals surface area contributed by atoms with Crippen molar-refractivity contribution in [1.82, 2.24) is 0 Å². The zero-order valence-corrected chi connectivity index (χ0v) is 8.32. The van der Waals surface area contributed by atoms with Crippen molar-refractivity contribution in [2.24, 2.45) is 5.92 Å². The molecule has 0 amide bonds. The van der Waals surface area contributed by atoms with Crippen LogP contribution in [0.3, 0.4) is 0 Å². The third-order valence-corrected chi connectivity index (χ3v) is 1.56. The molecule has 11 heavy (non-hydrogen) atoms. The lowest BCUT2D eigenvalue weighted by Crippen LogP contribution is -1.90. The van der Waals surface area contributed by atoms with Gasteiger partial charge in [-0.3, -0.25) is 0 Å². The zero-order chi connectivity index (χ0) is 8.69. The zero-order valence-electron chi connectivity index (χ0n) is 8.32. The predicted octanol–water partition coefficient (Wildman–Crippen LogP) is 4.17. The van der Waals surface area contributed by atoms with E-state index in [9.17, 15) is 0 Å². The monoisotopic (exact) mass is 154 g/mol. The number of hydrogen-bond donors (Lipinski definition) is 0. The number of allylic oxidation sites excluding steroid dienone is 1. The SMILES string of the molecule is C=C1CCCCC1.CC(C)C. The van der Waals surface area contributed by atoms with Crippen LogP contribution >= 0.6 is 0 Å². The summed E-state index contributed by atoms with van der Waals surface area (Å²) >= 11 is 0. The van der Waals surface area contributed by atoms with Crippen LogP contribution in [0.2, 0.25) is 0 Å². The van der Waals surface area contributed by atoms with Crippen molar-refractivity contribution in [2.75, 3.05) is 0 Å². The van der Waals surface area contributed by atoms with Crippen LogP contribution in [-0.2, 0) is 0 Å². The Kier molecular flexibility index (Phi) is 6.30. The van der Waals surface area contributed by atoms with Crippen LogP contribution in [0.4, 0.5) is 0 Å². The molecule has 0 radical (unpaired) electrons. The number of rotatable bonds is 0. The van der Waals surface area contributed by atoms with Crippen molar-refractivity contribution in [3.8, 4) is 0 Å². The molecule has 1 saturated carbocycles. The molecular formula is C11H22. The second-order valence-electron chi connectivity index (χ2n) is 4.04. The Morgan fingerprint density at radius 3 is 1.55 bits per heavy atom. The third kappa shape index (κ3) is 9.74. The summed E-state index contributed by atoms with van der Waals surface area (Å²) in [7, 11) is 0. The quantitative estimate of drug-likeness (QED) is 0.459. The van der Waals surface area contributed by atoms with Gasteiger partial charge in [0.1, 0.15) is 0 Å². The van der Waals surface area contributed by atoms with E-state index in [1.807, 2.05) is 0 Å². The minimum absolute atomic E-state index is 0.833. The summed E-state index contributed by atoms with van der Waals surface area (Å²) in [5, 5.41) is 0. The molecule has 0 nitrogen and oxygen atoms in total. The van der Waals surface area contributed by atoms with E-state index in [1.165, 1.54) is 37.7 Å². The highest BCUT2D eigenvalue weighted by atomic mass is 14.1. The van der Waals surface area contributed by atoms with E-state index in [0.29, 0.717) is 0 Å². The van der Waals surface area contributed by atoms with E-state index >= 15 is 0 Å². The summed E-state index contributed by atoms with van der Waals surface area (Å²) in [4.78, 5) is 0. The van der Waals surface area contributed by atoms with E-state index in [4.69, 9.17) is 0 Å². The van der Waals surface area contributed by atoms with Crippen molar-refractivity contribution in [3.63, 3.8) is 0 Å². The largest absolute Gasteiger partial charge is 0.0999 e. The molecular weight excluding hydrogens is 132 g/mol. The summed E-state index contributed by atoms with van der Waals surface area (Å²) in [6.07, 6.45) is 6.79. The highest BCUT2D eigenvalue weighted by Crippen LogP contribution is 2.20. The minimum Gasteiger partial charge on any atom is -0.0999 e. The highest BCUT2D eigenvalue weighted by molar-refractivity contribution is 4.95. The van der Waals surface area contributed by atoms with Crippen molar-refractivity contribution in [1.29, 1.82) is 0 Å². The van der Waals surface area contributed by atoms with Crippen LogP contribution in [-0.4, -0.2) is 0 Å². The highest BCUT2D eigenvalue weighted by Gasteiger charge is 2.00. The Hall–Kier alpha value is -0.260. The summed E-state index contributed by atoms with van der Waals surface area (Å²) in [6.45, 7) is 10.4. The Morgan fingerprint density at radius 1 is 1.00 bits per heavy atom. The van der Waals surface area contributed by atoms with Crippen molar-refractivity contribution in [3.05, 3.63) is 12.2 Å². The fraction of sp³-hybridized carbons (Fsp3) is 0.818. The lowest BCUT2D eigenvalue weighted by Gasteiger charge is -2.10. The molecule has 0 heterocycles. The van der Waals surface area contributed by atoms with Crippen LogP contribution in [0.1, 0.15) is 52.9 Å². The van der Waals surface area contributed by atoms with Gasteiger partial charge in [-0.1, -0.05) is 39.3 Å². The molecule has 1 rings (SSSR count). The normalized spacial score (nSPS) is 17.6. The molecule has 0 aromatic carbocycles. The van der Waals surface area contributed by atoms with Gasteiger partial charge < -0.3 is 0 Å². The molecule has 0 aliphatic heterocycles. The number of hydrogen-bond acceptors (Lipinski definition) is 0. The standard InChI is InChI=1S/C7H12.C4H10/c1-7-5-3-2-4-6-7;1-4(2)3/h1-6H2;4H,1-3H3. The molecule has 0 atom stereocenters. The van der Waals surface area contributed by atoms with Crippen molar-refractivity contribution in [2.45, 2.75) is 52.9 Å². The first-order chi connectivity index (χ1) is 5.13. The molecule has 0 aromatic heterocycles. The van der Waals surface area contributed by atoms with Gasteiger partial charge in [-0.05, 0) is 31.6 Å². The molecule has 66 valence electrons. The summed E-state index contributed by atoms with van der Waals surface area (Å²) in [5.41, 5.74) is 1.46. The molecule has 0 spiro atoms. The molecule has 0 aromatic rings. The summed E-state index contributed by atoms with van der Waals surface area (Å²) < 4.78 is 0. The predicted molar refractivity (Wildman–Crippen MR) is 52.7 cm³/mol. The summed E-state index contributed by atoms with van der Waals surface area (Å²) in [5.74, 6) is 0.833. The maximum Gasteiger partial charge on any atom is -0.0323 e. The topological polar surface area (TPSA) is 0 Å². The van der Waals surface area contributed by atoms with Crippen LogP contribution in [0.15, 0.2) is 12.2 Å². The van der Waals surface area contributed by atoms with Gasteiger partial charge >= 0.3 is 0 Å². The fourth-order valence-corrected chi connectivity index (χ4v) is 1.05. The average molecular weight is 154 g/mol. The van der Waals surface area contributed by atoms with Gasteiger partial charge in [0.2, 0.25) is 0 Å². The first kappa shape index (κ1) is 10.7. The Bertz CT molecular complexity index is 89.9. The van der Waals surface area contributed by atoms with Crippen molar-refractivity contribution < 1.29 is 0 Å². The molecule has 0 bridgehead atoms. The maximum atomic E-state index is 3.91. The molecule has 0 heteroatoms. The average Bonchev–Trinajstić information content (AvgIpc) is 1.87. The van der Waals surface area contributed by atoms with Gasteiger partial charge in [-0.15, -0.1) is 0 Å². The lowest BCUT2D eigenvalue weighted by molar-refractivity contribution is 0.601. The second kappa shape index (κ2) is 6.45. The molecule has 0 unspecified atom stereocenters. The van der Waals surface area contributed by atoms with Crippen LogP contribution in [0, 0.1) is 5.92 Å². The third-order valence-electron chi connectivity index (χ3n) is 1.56. The van der Waals surface area contributed by atoms with Gasteiger partial charge in [0, 0.05) is 0 Å². The van der Waals surface area contributed by atoms with Gasteiger partial charge in [-0.2, -0.15) is 0 Å². The minimum atomic E-state index is 0.833. The van der Waals surface area contributed by atoms with Crippen LogP contribution in [0.25, 0.3) is 0 Å². The van der Waals surface area contributed by atoms with Gasteiger partial charge in [0.15, 0.2) is 0 Å². The van der Waals surface area contributed by atoms with E-state index in [1.54, 1.807) is 0 Å². The summed E-state index contributed by atoms with van der Waals surface area (Å²) in [6, 6.07) is 0. The Balaban J connectivity index is 0.000000218. The molecule has 1 aliphatic rings. The Morgan fingerprint density at radius 2 is 1.36 bits per heavy atom. The molecule has 0 N–H and O–H groups in total. The maximum absolute atomic E-state index is 3.91. The van der Waals surface area contributed by atoms with E-state index in [-0.39, 0.29) is 0 Å². The van der Waals surface area contributed by atoms with Crippen molar-refractivity contribution >= 4 is 0 Å². The van der Waals surface area contributed by atoms with Gasteiger partial charge in [0.05, 0.1) is 0 Å². The smallest absolute Gasteiger partial charge is 0.0323 e.